The smallest absolute Gasteiger partial charge is 0.271 e. The number of aromatic nitrogens is 1. The lowest BCUT2D eigenvalue weighted by Gasteiger charge is -2.30. The van der Waals surface area contributed by atoms with Crippen LogP contribution < -0.4 is 24.5 Å². The first-order valence-electron chi connectivity index (χ1n) is 15.1. The van der Waals surface area contributed by atoms with E-state index >= 15 is 0 Å². The highest BCUT2D eigenvalue weighted by molar-refractivity contribution is 7.07. The zero-order chi connectivity index (χ0) is 32.4. The van der Waals surface area contributed by atoms with Crippen molar-refractivity contribution >= 4 is 45.5 Å². The van der Waals surface area contributed by atoms with Crippen molar-refractivity contribution < 1.29 is 14.5 Å². The Labute approximate surface area is 265 Å². The maximum atomic E-state index is 14.5. The first kappa shape index (κ1) is 31.6. The molecule has 2 heterocycles. The average molecular weight is 628 g/mol. The number of ether oxygens (including phenoxy) is 1. The average Bonchev–Trinajstić information content (AvgIpc) is 3.35. The first-order valence-corrected chi connectivity index (χ1v) is 15.9. The number of fused-ring (bicyclic) bond motifs is 2. The molecule has 0 spiro atoms. The SMILES string of the molecule is CCN(CC)C(=O)C1=C(C)N=c2s/c(=C\c3cc([N+](=O)[O-])ccc3N(CC)CC)c(=O)n2[C@H]1c1c(OC)ccc2ccccc12. The number of anilines is 1. The molecule has 3 aromatic carbocycles. The minimum atomic E-state index is -0.815. The molecule has 5 rings (SSSR count). The molecular weight excluding hydrogens is 590 g/mol. The highest BCUT2D eigenvalue weighted by atomic mass is 32.1. The van der Waals surface area contributed by atoms with Gasteiger partial charge in [-0.1, -0.05) is 41.7 Å². The fourth-order valence-corrected chi connectivity index (χ4v) is 7.09. The molecule has 4 aromatic rings. The molecule has 1 atom stereocenters. The second-order valence-corrected chi connectivity index (χ2v) is 11.6. The Balaban J connectivity index is 1.86. The van der Waals surface area contributed by atoms with Gasteiger partial charge in [-0.3, -0.25) is 24.3 Å². The maximum Gasteiger partial charge on any atom is 0.271 e. The minimum Gasteiger partial charge on any atom is -0.496 e. The van der Waals surface area contributed by atoms with Gasteiger partial charge < -0.3 is 14.5 Å². The van der Waals surface area contributed by atoms with Crippen LogP contribution in [-0.4, -0.2) is 53.6 Å². The van der Waals surface area contributed by atoms with Crippen LogP contribution in [0.15, 0.2) is 75.7 Å². The van der Waals surface area contributed by atoms with Crippen molar-refractivity contribution in [1.82, 2.24) is 9.47 Å². The summed E-state index contributed by atoms with van der Waals surface area (Å²) >= 11 is 1.20. The number of thiazole rings is 1. The highest BCUT2D eigenvalue weighted by Gasteiger charge is 2.36. The van der Waals surface area contributed by atoms with Crippen LogP contribution >= 0.6 is 11.3 Å². The van der Waals surface area contributed by atoms with Crippen molar-refractivity contribution in [3.05, 3.63) is 107 Å². The molecule has 0 fully saturated rings. The number of nitro groups is 1. The van der Waals surface area contributed by atoms with Gasteiger partial charge in [0, 0.05) is 55.1 Å². The largest absolute Gasteiger partial charge is 0.496 e. The molecule has 234 valence electrons. The van der Waals surface area contributed by atoms with E-state index in [-0.39, 0.29) is 17.2 Å². The van der Waals surface area contributed by atoms with Crippen molar-refractivity contribution in [3.8, 4) is 5.75 Å². The summed E-state index contributed by atoms with van der Waals surface area (Å²) in [6.45, 7) is 12.0. The van der Waals surface area contributed by atoms with E-state index in [9.17, 15) is 19.7 Å². The molecule has 45 heavy (non-hydrogen) atoms. The Morgan fingerprint density at radius 3 is 2.42 bits per heavy atom. The van der Waals surface area contributed by atoms with Crippen LogP contribution in [0.4, 0.5) is 11.4 Å². The van der Waals surface area contributed by atoms with Gasteiger partial charge in [-0.15, -0.1) is 0 Å². The number of amides is 1. The molecule has 1 aliphatic rings. The van der Waals surface area contributed by atoms with Crippen LogP contribution in [0.25, 0.3) is 16.8 Å². The molecular formula is C34H37N5O5S. The van der Waals surface area contributed by atoms with Gasteiger partial charge in [-0.25, -0.2) is 4.99 Å². The Kier molecular flexibility index (Phi) is 9.19. The quantitative estimate of drug-likeness (QED) is 0.180. The van der Waals surface area contributed by atoms with Crippen LogP contribution in [0, 0.1) is 10.1 Å². The third kappa shape index (κ3) is 5.64. The second-order valence-electron chi connectivity index (χ2n) is 10.6. The normalized spacial score (nSPS) is 14.7. The monoisotopic (exact) mass is 627 g/mol. The lowest BCUT2D eigenvalue weighted by molar-refractivity contribution is -0.384. The number of nitrogens with zero attached hydrogens (tertiary/aromatic N) is 5. The third-order valence-corrected chi connectivity index (χ3v) is 9.32. The van der Waals surface area contributed by atoms with E-state index in [4.69, 9.17) is 9.73 Å². The number of benzene rings is 3. The minimum absolute atomic E-state index is 0.0637. The Morgan fingerprint density at radius 1 is 1.07 bits per heavy atom. The fourth-order valence-electron chi connectivity index (χ4n) is 6.05. The molecule has 0 N–H and O–H groups in total. The van der Waals surface area contributed by atoms with Crippen LogP contribution in [0.3, 0.4) is 0 Å². The number of hydrogen-bond acceptors (Lipinski definition) is 8. The number of carbonyl (C=O) groups is 1. The van der Waals surface area contributed by atoms with Crippen molar-refractivity contribution in [1.29, 1.82) is 0 Å². The predicted molar refractivity (Wildman–Crippen MR) is 179 cm³/mol. The van der Waals surface area contributed by atoms with Crippen LogP contribution in [0.2, 0.25) is 0 Å². The number of methoxy groups -OCH3 is 1. The molecule has 10 nitrogen and oxygen atoms in total. The third-order valence-electron chi connectivity index (χ3n) is 8.34. The number of allylic oxidation sites excluding steroid dienone is 1. The van der Waals surface area contributed by atoms with E-state index in [0.717, 1.165) is 16.5 Å². The van der Waals surface area contributed by atoms with Gasteiger partial charge in [0.2, 0.25) is 0 Å². The van der Waals surface area contributed by atoms with E-state index in [1.165, 1.54) is 23.5 Å². The van der Waals surface area contributed by atoms with Gasteiger partial charge in [0.1, 0.15) is 11.8 Å². The molecule has 0 saturated heterocycles. The highest BCUT2D eigenvalue weighted by Crippen LogP contribution is 2.40. The van der Waals surface area contributed by atoms with Gasteiger partial charge in [0.05, 0.1) is 27.8 Å². The zero-order valence-electron chi connectivity index (χ0n) is 26.4. The Morgan fingerprint density at radius 2 is 1.78 bits per heavy atom. The van der Waals surface area contributed by atoms with Gasteiger partial charge >= 0.3 is 0 Å². The second kappa shape index (κ2) is 13.1. The number of likely N-dealkylation sites (N-methyl/N-ethyl adjacent to an activating group) is 1. The summed E-state index contributed by atoms with van der Waals surface area (Å²) in [6.07, 6.45) is 1.70. The number of nitro benzene ring substituents is 1. The molecule has 11 heteroatoms. The molecule has 0 saturated carbocycles. The van der Waals surface area contributed by atoms with E-state index < -0.39 is 11.0 Å². The molecule has 0 unspecified atom stereocenters. The number of non-ortho nitro benzene ring substituents is 1. The van der Waals surface area contributed by atoms with Crippen molar-refractivity contribution in [2.24, 2.45) is 4.99 Å². The topological polar surface area (TPSA) is 110 Å². The van der Waals surface area contributed by atoms with Gasteiger partial charge in [0.15, 0.2) is 4.80 Å². The molecule has 1 aromatic heterocycles. The summed E-state index contributed by atoms with van der Waals surface area (Å²) in [4.78, 5) is 49.0. The van der Waals surface area contributed by atoms with Gasteiger partial charge in [0.25, 0.3) is 17.2 Å². The molecule has 0 bridgehead atoms. The summed E-state index contributed by atoms with van der Waals surface area (Å²) in [5.41, 5.74) is 2.59. The summed E-state index contributed by atoms with van der Waals surface area (Å²) < 4.78 is 7.82. The van der Waals surface area contributed by atoms with E-state index in [1.807, 2.05) is 64.1 Å². The summed E-state index contributed by atoms with van der Waals surface area (Å²) in [6, 6.07) is 15.5. The van der Waals surface area contributed by atoms with Crippen LogP contribution in [0.5, 0.6) is 5.75 Å². The number of rotatable bonds is 10. The standard InChI is InChI=1S/C34H37N5O5S/c1-7-36(8-2)26-17-16-24(39(42)43)19-23(26)20-28-32(40)38-31(30-25-14-12-11-13-22(25)15-18-27(30)44-6)29(21(5)35-34(38)45-28)33(41)37(9-3)10-4/h11-20,31H,7-10H2,1-6H3/b28-20-/t31-/m1/s1. The molecule has 0 aliphatic carbocycles. The lowest BCUT2D eigenvalue weighted by Crippen LogP contribution is -2.43. The summed E-state index contributed by atoms with van der Waals surface area (Å²) in [7, 11) is 1.58. The summed E-state index contributed by atoms with van der Waals surface area (Å²) in [5.74, 6) is 0.355. The van der Waals surface area contributed by atoms with Crippen LogP contribution in [-0.2, 0) is 4.79 Å². The van der Waals surface area contributed by atoms with E-state index in [1.54, 1.807) is 35.6 Å². The fraction of sp³-hybridized carbons (Fsp3) is 0.324. The molecule has 1 aliphatic heterocycles. The number of hydrogen-bond donors (Lipinski definition) is 0. The molecule has 1 amide bonds. The van der Waals surface area contributed by atoms with Gasteiger partial charge in [-0.05, 0) is 63.6 Å². The van der Waals surface area contributed by atoms with E-state index in [2.05, 4.69) is 4.90 Å². The Bertz CT molecular complexity index is 2000. The first-order chi connectivity index (χ1) is 21.7. The van der Waals surface area contributed by atoms with Crippen molar-refractivity contribution in [3.63, 3.8) is 0 Å². The van der Waals surface area contributed by atoms with Crippen molar-refractivity contribution in [2.45, 2.75) is 40.7 Å². The molecule has 0 radical (unpaired) electrons. The summed E-state index contributed by atoms with van der Waals surface area (Å²) in [5, 5.41) is 13.5. The van der Waals surface area contributed by atoms with E-state index in [0.29, 0.717) is 63.7 Å². The van der Waals surface area contributed by atoms with Crippen LogP contribution in [0.1, 0.15) is 51.8 Å². The lowest BCUT2D eigenvalue weighted by atomic mass is 9.90. The van der Waals surface area contributed by atoms with Crippen molar-refractivity contribution in [2.75, 3.05) is 38.2 Å². The predicted octanol–water partition coefficient (Wildman–Crippen LogP) is 5.02. The Hall–Kier alpha value is -4.77. The number of carbonyl (C=O) groups excluding carboxylic acids is 1. The maximum absolute atomic E-state index is 14.5. The van der Waals surface area contributed by atoms with Gasteiger partial charge in [-0.2, -0.15) is 0 Å². The zero-order valence-corrected chi connectivity index (χ0v) is 27.2.